The molecule has 0 atom stereocenters. The van der Waals surface area contributed by atoms with E-state index >= 15 is 0 Å². The van der Waals surface area contributed by atoms with E-state index < -0.39 is 0 Å². The Bertz CT molecular complexity index is 261. The first-order valence-corrected chi connectivity index (χ1v) is 5.62. The zero-order chi connectivity index (χ0) is 11.1. The van der Waals surface area contributed by atoms with Crippen molar-refractivity contribution in [3.05, 3.63) is 24.4 Å². The molecule has 0 saturated carbocycles. The summed E-state index contributed by atoms with van der Waals surface area (Å²) in [6.45, 7) is 8.57. The lowest BCUT2D eigenvalue weighted by molar-refractivity contribution is 0.358. The summed E-state index contributed by atoms with van der Waals surface area (Å²) in [5.41, 5.74) is 0. The third kappa shape index (κ3) is 3.88. The molecule has 0 unspecified atom stereocenters. The largest absolute Gasteiger partial charge is 0.356 e. The molecule has 0 fully saturated rings. The molecule has 84 valence electrons. The number of hydrogen-bond acceptors (Lipinski definition) is 3. The van der Waals surface area contributed by atoms with Gasteiger partial charge >= 0.3 is 0 Å². The second-order valence-electron chi connectivity index (χ2n) is 3.66. The van der Waals surface area contributed by atoms with Crippen molar-refractivity contribution in [2.75, 3.05) is 38.1 Å². The van der Waals surface area contributed by atoms with E-state index in [0.717, 1.165) is 32.0 Å². The van der Waals surface area contributed by atoms with Gasteiger partial charge in [-0.2, -0.15) is 0 Å². The molecular formula is C12H21N3. The number of likely N-dealkylation sites (N-methyl/N-ethyl adjacent to an activating group) is 2. The van der Waals surface area contributed by atoms with Gasteiger partial charge in [0.25, 0.3) is 0 Å². The van der Waals surface area contributed by atoms with Crippen LogP contribution in [0.2, 0.25) is 0 Å². The first-order chi connectivity index (χ1) is 7.27. The Morgan fingerprint density at radius 1 is 1.13 bits per heavy atom. The Kier molecular flexibility index (Phi) is 5.12. The van der Waals surface area contributed by atoms with E-state index in [9.17, 15) is 0 Å². The molecule has 0 aliphatic carbocycles. The standard InChI is InChI=1S/C12H21N3/c1-4-14(3)10-11-15(5-2)12-8-6-7-9-13-12/h6-9H,4-5,10-11H2,1-3H3. The molecule has 0 radical (unpaired) electrons. The van der Waals surface area contributed by atoms with E-state index in [-0.39, 0.29) is 0 Å². The molecule has 0 aromatic carbocycles. The number of pyridine rings is 1. The van der Waals surface area contributed by atoms with Crippen LogP contribution in [0.25, 0.3) is 0 Å². The Balaban J connectivity index is 2.50. The number of anilines is 1. The maximum Gasteiger partial charge on any atom is 0.128 e. The third-order valence-corrected chi connectivity index (χ3v) is 2.65. The number of hydrogen-bond donors (Lipinski definition) is 0. The number of rotatable bonds is 6. The Morgan fingerprint density at radius 3 is 2.47 bits per heavy atom. The molecule has 1 aromatic rings. The zero-order valence-electron chi connectivity index (χ0n) is 9.98. The molecule has 0 saturated heterocycles. The summed E-state index contributed by atoms with van der Waals surface area (Å²) in [7, 11) is 2.15. The highest BCUT2D eigenvalue weighted by atomic mass is 15.2. The fourth-order valence-corrected chi connectivity index (χ4v) is 1.43. The van der Waals surface area contributed by atoms with Crippen molar-refractivity contribution in [3.8, 4) is 0 Å². The van der Waals surface area contributed by atoms with Gasteiger partial charge in [0, 0.05) is 25.8 Å². The lowest BCUT2D eigenvalue weighted by Gasteiger charge is -2.24. The summed E-state index contributed by atoms with van der Waals surface area (Å²) in [6, 6.07) is 6.06. The van der Waals surface area contributed by atoms with Gasteiger partial charge in [-0.3, -0.25) is 0 Å². The molecule has 1 heterocycles. The second kappa shape index (κ2) is 6.40. The highest BCUT2D eigenvalue weighted by Gasteiger charge is 2.05. The summed E-state index contributed by atoms with van der Waals surface area (Å²) in [5.74, 6) is 1.07. The molecule has 3 nitrogen and oxygen atoms in total. The highest BCUT2D eigenvalue weighted by Crippen LogP contribution is 2.07. The summed E-state index contributed by atoms with van der Waals surface area (Å²) in [6.07, 6.45) is 1.85. The van der Waals surface area contributed by atoms with Gasteiger partial charge < -0.3 is 9.80 Å². The summed E-state index contributed by atoms with van der Waals surface area (Å²) in [5, 5.41) is 0. The normalized spacial score (nSPS) is 10.7. The van der Waals surface area contributed by atoms with E-state index in [1.165, 1.54) is 0 Å². The summed E-state index contributed by atoms with van der Waals surface area (Å²) >= 11 is 0. The van der Waals surface area contributed by atoms with Crippen LogP contribution in [-0.2, 0) is 0 Å². The van der Waals surface area contributed by atoms with Crippen LogP contribution in [0, 0.1) is 0 Å². The maximum absolute atomic E-state index is 4.36. The Hall–Kier alpha value is -1.09. The van der Waals surface area contributed by atoms with E-state index in [2.05, 4.69) is 41.7 Å². The van der Waals surface area contributed by atoms with Crippen LogP contribution in [-0.4, -0.2) is 43.1 Å². The molecule has 0 spiro atoms. The summed E-state index contributed by atoms with van der Waals surface area (Å²) < 4.78 is 0. The van der Waals surface area contributed by atoms with Crippen molar-refractivity contribution >= 4 is 5.82 Å². The quantitative estimate of drug-likeness (QED) is 0.710. The van der Waals surface area contributed by atoms with Crippen LogP contribution in [0.1, 0.15) is 13.8 Å². The van der Waals surface area contributed by atoms with E-state index in [1.807, 2.05) is 18.3 Å². The molecule has 1 aromatic heterocycles. The van der Waals surface area contributed by atoms with Crippen molar-refractivity contribution < 1.29 is 0 Å². The average molecular weight is 207 g/mol. The number of nitrogens with zero attached hydrogens (tertiary/aromatic N) is 3. The van der Waals surface area contributed by atoms with Gasteiger partial charge in [-0.15, -0.1) is 0 Å². The van der Waals surface area contributed by atoms with Crippen LogP contribution in [0.3, 0.4) is 0 Å². The zero-order valence-corrected chi connectivity index (χ0v) is 9.98. The monoisotopic (exact) mass is 207 g/mol. The van der Waals surface area contributed by atoms with Gasteiger partial charge in [0.1, 0.15) is 5.82 Å². The van der Waals surface area contributed by atoms with Gasteiger partial charge in [-0.25, -0.2) is 4.98 Å². The topological polar surface area (TPSA) is 19.4 Å². The molecule has 1 rings (SSSR count). The van der Waals surface area contributed by atoms with Crippen molar-refractivity contribution in [1.29, 1.82) is 0 Å². The van der Waals surface area contributed by atoms with Gasteiger partial charge in [-0.1, -0.05) is 13.0 Å². The first kappa shape index (κ1) is 12.0. The van der Waals surface area contributed by atoms with Crippen LogP contribution in [0.4, 0.5) is 5.82 Å². The van der Waals surface area contributed by atoms with Crippen LogP contribution in [0.5, 0.6) is 0 Å². The van der Waals surface area contributed by atoms with Crippen molar-refractivity contribution in [1.82, 2.24) is 9.88 Å². The van der Waals surface area contributed by atoms with E-state index in [1.54, 1.807) is 0 Å². The lowest BCUT2D eigenvalue weighted by atomic mass is 10.4. The van der Waals surface area contributed by atoms with E-state index in [4.69, 9.17) is 0 Å². The van der Waals surface area contributed by atoms with Crippen LogP contribution >= 0.6 is 0 Å². The van der Waals surface area contributed by atoms with E-state index in [0.29, 0.717) is 0 Å². The van der Waals surface area contributed by atoms with Gasteiger partial charge in [0.2, 0.25) is 0 Å². The van der Waals surface area contributed by atoms with Crippen molar-refractivity contribution in [2.45, 2.75) is 13.8 Å². The minimum atomic E-state index is 1.01. The fraction of sp³-hybridized carbons (Fsp3) is 0.583. The first-order valence-electron chi connectivity index (χ1n) is 5.62. The number of aromatic nitrogens is 1. The molecular weight excluding hydrogens is 186 g/mol. The molecule has 0 bridgehead atoms. The molecule has 0 amide bonds. The molecule has 0 aliphatic rings. The molecule has 0 N–H and O–H groups in total. The minimum absolute atomic E-state index is 1.01. The molecule has 0 aliphatic heterocycles. The minimum Gasteiger partial charge on any atom is -0.356 e. The fourth-order valence-electron chi connectivity index (χ4n) is 1.43. The van der Waals surface area contributed by atoms with Crippen LogP contribution < -0.4 is 4.90 Å². The highest BCUT2D eigenvalue weighted by molar-refractivity contribution is 5.37. The average Bonchev–Trinajstić information content (AvgIpc) is 2.31. The predicted molar refractivity (Wildman–Crippen MR) is 65.3 cm³/mol. The SMILES string of the molecule is CCN(C)CCN(CC)c1ccccn1. The molecule has 15 heavy (non-hydrogen) atoms. The van der Waals surface area contributed by atoms with Crippen molar-refractivity contribution in [2.24, 2.45) is 0 Å². The second-order valence-corrected chi connectivity index (χ2v) is 3.66. The van der Waals surface area contributed by atoms with Gasteiger partial charge in [0.05, 0.1) is 0 Å². The Labute approximate surface area is 92.7 Å². The smallest absolute Gasteiger partial charge is 0.128 e. The summed E-state index contributed by atoms with van der Waals surface area (Å²) in [4.78, 5) is 8.97. The lowest BCUT2D eigenvalue weighted by Crippen LogP contribution is -2.33. The van der Waals surface area contributed by atoms with Gasteiger partial charge in [0.15, 0.2) is 0 Å². The van der Waals surface area contributed by atoms with Gasteiger partial charge in [-0.05, 0) is 32.6 Å². The van der Waals surface area contributed by atoms with Crippen LogP contribution in [0.15, 0.2) is 24.4 Å². The maximum atomic E-state index is 4.36. The third-order valence-electron chi connectivity index (χ3n) is 2.65. The Morgan fingerprint density at radius 2 is 1.93 bits per heavy atom. The van der Waals surface area contributed by atoms with Crippen molar-refractivity contribution in [3.63, 3.8) is 0 Å². The molecule has 3 heteroatoms. The predicted octanol–water partition coefficient (Wildman–Crippen LogP) is 1.86.